The van der Waals surface area contributed by atoms with E-state index in [1.165, 1.54) is 6.20 Å². The van der Waals surface area contributed by atoms with Crippen molar-refractivity contribution in [3.63, 3.8) is 0 Å². The number of hydrogen-bond donors (Lipinski definition) is 2. The van der Waals surface area contributed by atoms with E-state index in [1.807, 2.05) is 0 Å². The number of nitrogens with two attached hydrogens (primary N) is 1. The van der Waals surface area contributed by atoms with Gasteiger partial charge in [-0.25, -0.2) is 0 Å². The molecule has 0 saturated heterocycles. The third-order valence-corrected chi connectivity index (χ3v) is 2.24. The molecule has 1 aromatic carbocycles. The Hall–Kier alpha value is -2.63. The summed E-state index contributed by atoms with van der Waals surface area (Å²) >= 11 is 0. The topological polar surface area (TPSA) is 103 Å². The number of aromatic nitrogens is 2. The van der Waals surface area contributed by atoms with Crippen LogP contribution in [-0.4, -0.2) is 16.2 Å². The molecule has 0 bridgehead atoms. The highest BCUT2D eigenvalue weighted by Crippen LogP contribution is 2.20. The Balaban J connectivity index is 2.69. The van der Waals surface area contributed by atoms with Crippen molar-refractivity contribution in [3.8, 4) is 11.3 Å². The van der Waals surface area contributed by atoms with Gasteiger partial charge in [-0.05, 0) is 9.71 Å². The molecule has 0 spiro atoms. The number of hydrogen-bond acceptors (Lipinski definition) is 5. The minimum atomic E-state index is -1.58. The first-order chi connectivity index (χ1) is 8.11. The van der Waals surface area contributed by atoms with E-state index in [4.69, 9.17) is 5.73 Å². The van der Waals surface area contributed by atoms with Gasteiger partial charge >= 0.3 is 5.82 Å². The van der Waals surface area contributed by atoms with Gasteiger partial charge in [-0.2, -0.15) is 0 Å². The SMILES string of the molecule is Nc1cnc(C(=O)[O-])[n+](O)c1-c1ccccc1. The fourth-order valence-corrected chi connectivity index (χ4v) is 1.50. The molecule has 0 aliphatic rings. The average Bonchev–Trinajstić information content (AvgIpc) is 2.30. The summed E-state index contributed by atoms with van der Waals surface area (Å²) in [5.41, 5.74) is 6.58. The lowest BCUT2D eigenvalue weighted by molar-refractivity contribution is -0.899. The second-order valence-electron chi connectivity index (χ2n) is 3.35. The maximum absolute atomic E-state index is 10.7. The fourth-order valence-electron chi connectivity index (χ4n) is 1.50. The Morgan fingerprint density at radius 1 is 1.35 bits per heavy atom. The Morgan fingerprint density at radius 3 is 2.59 bits per heavy atom. The van der Waals surface area contributed by atoms with E-state index < -0.39 is 11.8 Å². The molecule has 6 heteroatoms. The van der Waals surface area contributed by atoms with Crippen molar-refractivity contribution < 1.29 is 19.8 Å². The van der Waals surface area contributed by atoms with Gasteiger partial charge in [-0.3, -0.25) is 0 Å². The Morgan fingerprint density at radius 2 is 2.00 bits per heavy atom. The normalized spacial score (nSPS) is 10.1. The highest BCUT2D eigenvalue weighted by molar-refractivity contribution is 5.80. The van der Waals surface area contributed by atoms with Crippen molar-refractivity contribution in [2.24, 2.45) is 0 Å². The summed E-state index contributed by atoms with van der Waals surface area (Å²) in [5.74, 6) is -2.18. The first kappa shape index (κ1) is 10.9. The lowest BCUT2D eigenvalue weighted by atomic mass is 10.1. The predicted molar refractivity (Wildman–Crippen MR) is 55.8 cm³/mol. The number of rotatable bonds is 2. The molecule has 1 heterocycles. The zero-order valence-electron chi connectivity index (χ0n) is 8.70. The van der Waals surface area contributed by atoms with Crippen LogP contribution in [0.4, 0.5) is 5.69 Å². The number of carbonyl (C=O) groups excluding carboxylic acids is 1. The van der Waals surface area contributed by atoms with E-state index in [0.29, 0.717) is 10.3 Å². The van der Waals surface area contributed by atoms with Crippen molar-refractivity contribution in [2.45, 2.75) is 0 Å². The summed E-state index contributed by atoms with van der Waals surface area (Å²) in [7, 11) is 0. The fraction of sp³-hybridized carbons (Fsp3) is 0. The number of nitrogen functional groups attached to an aromatic ring is 1. The highest BCUT2D eigenvalue weighted by atomic mass is 16.5. The molecular weight excluding hydrogens is 222 g/mol. The van der Waals surface area contributed by atoms with Crippen LogP contribution in [-0.2, 0) is 0 Å². The zero-order valence-corrected chi connectivity index (χ0v) is 8.70. The van der Waals surface area contributed by atoms with Crippen LogP contribution < -0.4 is 15.6 Å². The summed E-state index contributed by atoms with van der Waals surface area (Å²) in [5, 5.41) is 20.5. The molecule has 86 valence electrons. The third kappa shape index (κ3) is 1.87. The molecule has 0 unspecified atom stereocenters. The van der Waals surface area contributed by atoms with Crippen LogP contribution in [0.1, 0.15) is 10.6 Å². The van der Waals surface area contributed by atoms with Crippen LogP contribution in [0.15, 0.2) is 36.5 Å². The predicted octanol–water partition coefficient (Wildman–Crippen LogP) is -0.781. The number of aromatic carboxylic acids is 1. The quantitative estimate of drug-likeness (QED) is 0.521. The van der Waals surface area contributed by atoms with Gasteiger partial charge < -0.3 is 20.8 Å². The number of carboxylic acids is 1. The minimum absolute atomic E-state index is 0.166. The largest absolute Gasteiger partial charge is 0.538 e. The number of benzene rings is 1. The molecule has 0 aliphatic carbocycles. The van der Waals surface area contributed by atoms with Gasteiger partial charge in [-0.15, -0.1) is 0 Å². The van der Waals surface area contributed by atoms with E-state index in [0.717, 1.165) is 0 Å². The maximum Gasteiger partial charge on any atom is 0.385 e. The molecule has 17 heavy (non-hydrogen) atoms. The minimum Gasteiger partial charge on any atom is -0.538 e. The molecule has 2 aromatic rings. The molecular formula is C11H9N3O3. The molecule has 3 N–H and O–H groups in total. The van der Waals surface area contributed by atoms with Crippen molar-refractivity contribution in [1.29, 1.82) is 0 Å². The summed E-state index contributed by atoms with van der Waals surface area (Å²) in [4.78, 5) is 14.2. The summed E-state index contributed by atoms with van der Waals surface area (Å²) in [6, 6.07) is 8.67. The first-order valence-electron chi connectivity index (χ1n) is 4.78. The molecule has 0 saturated carbocycles. The summed E-state index contributed by atoms with van der Waals surface area (Å²) in [6.45, 7) is 0. The number of anilines is 1. The molecule has 0 aliphatic heterocycles. The van der Waals surface area contributed by atoms with Gasteiger partial charge in [-0.1, -0.05) is 30.3 Å². The monoisotopic (exact) mass is 231 g/mol. The molecule has 0 fully saturated rings. The van der Waals surface area contributed by atoms with Crippen LogP contribution in [0.3, 0.4) is 0 Å². The van der Waals surface area contributed by atoms with E-state index in [1.54, 1.807) is 30.3 Å². The molecule has 6 nitrogen and oxygen atoms in total. The van der Waals surface area contributed by atoms with Crippen LogP contribution in [0.25, 0.3) is 11.3 Å². The highest BCUT2D eigenvalue weighted by Gasteiger charge is 2.22. The van der Waals surface area contributed by atoms with Crippen molar-refractivity contribution >= 4 is 11.7 Å². The maximum atomic E-state index is 10.7. The van der Waals surface area contributed by atoms with Gasteiger partial charge in [0.05, 0.1) is 0 Å². The van der Waals surface area contributed by atoms with Crippen LogP contribution in [0.5, 0.6) is 0 Å². The van der Waals surface area contributed by atoms with E-state index >= 15 is 0 Å². The molecule has 2 rings (SSSR count). The van der Waals surface area contributed by atoms with Gasteiger partial charge in [0.1, 0.15) is 5.69 Å². The lowest BCUT2D eigenvalue weighted by Gasteiger charge is -2.05. The number of nitrogens with zero attached hydrogens (tertiary/aromatic N) is 2. The molecule has 0 atom stereocenters. The Kier molecular flexibility index (Phi) is 2.61. The van der Waals surface area contributed by atoms with Crippen LogP contribution in [0, 0.1) is 0 Å². The summed E-state index contributed by atoms with van der Waals surface area (Å²) < 4.78 is 0.417. The summed E-state index contributed by atoms with van der Waals surface area (Å²) in [6.07, 6.45) is 1.17. The van der Waals surface area contributed by atoms with E-state index in [9.17, 15) is 15.1 Å². The van der Waals surface area contributed by atoms with Gasteiger partial charge in [0.15, 0.2) is 12.2 Å². The van der Waals surface area contributed by atoms with Gasteiger partial charge in [0.25, 0.3) is 0 Å². The smallest absolute Gasteiger partial charge is 0.385 e. The average molecular weight is 231 g/mol. The number of carboxylic acid groups (broad SMARTS) is 1. The molecule has 0 radical (unpaired) electrons. The third-order valence-electron chi connectivity index (χ3n) is 2.24. The molecule has 1 aromatic heterocycles. The van der Waals surface area contributed by atoms with Gasteiger partial charge in [0, 0.05) is 5.56 Å². The second-order valence-corrected chi connectivity index (χ2v) is 3.35. The van der Waals surface area contributed by atoms with E-state index in [2.05, 4.69) is 4.98 Å². The van der Waals surface area contributed by atoms with E-state index in [-0.39, 0.29) is 11.4 Å². The van der Waals surface area contributed by atoms with Gasteiger partial charge in [0.2, 0.25) is 5.69 Å². The van der Waals surface area contributed by atoms with Crippen LogP contribution >= 0.6 is 0 Å². The van der Waals surface area contributed by atoms with Crippen LogP contribution in [0.2, 0.25) is 0 Å². The molecule has 0 amide bonds. The lowest BCUT2D eigenvalue weighted by Crippen LogP contribution is -2.46. The Labute approximate surface area is 96.5 Å². The zero-order chi connectivity index (χ0) is 12.4. The first-order valence-corrected chi connectivity index (χ1v) is 4.78. The number of carbonyl (C=O) groups is 1. The Bertz CT molecular complexity index is 570. The van der Waals surface area contributed by atoms with Crippen molar-refractivity contribution in [1.82, 2.24) is 4.98 Å². The van der Waals surface area contributed by atoms with Crippen molar-refractivity contribution in [2.75, 3.05) is 5.73 Å². The van der Waals surface area contributed by atoms with Crippen molar-refractivity contribution in [3.05, 3.63) is 42.4 Å². The second kappa shape index (κ2) is 4.09. The standard InChI is InChI=1S/C11H9N3O3/c12-8-6-13-10(11(15)16)14(17)9(8)7-4-2-1-3-5-7/h1-6H,12H2,(H-,15,16,17).